The molecule has 15 rings (SSSR count). The topological polar surface area (TPSA) is 95.8 Å². The van der Waals surface area contributed by atoms with Crippen LogP contribution in [0.5, 0.6) is 0 Å². The molecule has 8 nitrogen and oxygen atoms in total. The third-order valence-corrected chi connectivity index (χ3v) is 16.2. The van der Waals surface area contributed by atoms with Crippen molar-refractivity contribution >= 4 is 93.7 Å². The van der Waals surface area contributed by atoms with Crippen molar-refractivity contribution in [2.24, 2.45) is 0 Å². The lowest BCUT2D eigenvalue weighted by atomic mass is 9.76. The normalized spacial score (nSPS) is 13.5. The van der Waals surface area contributed by atoms with E-state index in [1.807, 2.05) is 116 Å². The van der Waals surface area contributed by atoms with E-state index in [1.54, 1.807) is 0 Å². The number of aromatic nitrogens is 6. The van der Waals surface area contributed by atoms with Gasteiger partial charge in [0.05, 0.1) is 44.7 Å². The zero-order chi connectivity index (χ0) is 55.8. The van der Waals surface area contributed by atoms with Crippen LogP contribution in [0.15, 0.2) is 260 Å². The molecule has 82 heavy (non-hydrogen) atoms. The van der Waals surface area contributed by atoms with Gasteiger partial charge in [0, 0.05) is 71.4 Å². The van der Waals surface area contributed by atoms with E-state index in [-0.39, 0.29) is 18.3 Å². The fraction of sp³-hybridized carbons (Fsp3) is 0.0833. The number of rotatable bonds is 6. The van der Waals surface area contributed by atoms with E-state index in [9.17, 15) is 0 Å². The summed E-state index contributed by atoms with van der Waals surface area (Å²) in [6.45, 7) is 8.31. The van der Waals surface area contributed by atoms with E-state index in [0.717, 1.165) is 115 Å². The molecule has 0 radical (unpaired) electrons. The van der Waals surface area contributed by atoms with Gasteiger partial charge >= 0.3 is 7.12 Å². The highest BCUT2D eigenvalue weighted by Gasteiger charge is 2.52. The molecule has 0 aliphatic carbocycles. The zero-order valence-corrected chi connectivity index (χ0v) is 47.3. The first-order valence-corrected chi connectivity index (χ1v) is 28.2. The summed E-state index contributed by atoms with van der Waals surface area (Å²) >= 11 is 3.47. The monoisotopic (exact) mass is 1120 g/mol. The minimum absolute atomic E-state index is 0.338. The summed E-state index contributed by atoms with van der Waals surface area (Å²) in [5.41, 5.74) is 12.8. The van der Waals surface area contributed by atoms with Gasteiger partial charge in [-0.15, -0.1) is 0 Å². The van der Waals surface area contributed by atoms with Crippen molar-refractivity contribution in [3.8, 4) is 56.4 Å². The molecule has 4 aromatic heterocycles. The Hall–Kier alpha value is -9.32. The summed E-state index contributed by atoms with van der Waals surface area (Å²) in [5.74, 6) is 1.47. The van der Waals surface area contributed by atoms with Gasteiger partial charge < -0.3 is 9.31 Å². The van der Waals surface area contributed by atoms with Gasteiger partial charge in [0.2, 0.25) is 0 Å². The molecule has 10 heteroatoms. The Labute approximate surface area is 484 Å². The second-order valence-electron chi connectivity index (χ2n) is 21.4. The van der Waals surface area contributed by atoms with Gasteiger partial charge in [0.15, 0.2) is 11.6 Å². The van der Waals surface area contributed by atoms with E-state index >= 15 is 0 Å². The van der Waals surface area contributed by atoms with Gasteiger partial charge in [0.1, 0.15) is 0 Å². The number of halogens is 1. The molecule has 14 aromatic rings. The number of para-hydroxylation sites is 2. The highest BCUT2D eigenvalue weighted by Crippen LogP contribution is 2.39. The molecule has 0 amide bonds. The van der Waals surface area contributed by atoms with Crippen LogP contribution < -0.4 is 5.46 Å². The van der Waals surface area contributed by atoms with Crippen LogP contribution in [0.2, 0.25) is 0 Å². The van der Waals surface area contributed by atoms with Crippen molar-refractivity contribution in [2.75, 3.05) is 0 Å². The highest BCUT2D eigenvalue weighted by atomic mass is 79.9. The Kier molecular flexibility index (Phi) is 14.0. The maximum Gasteiger partial charge on any atom is 0.495 e. The molecule has 1 aliphatic rings. The van der Waals surface area contributed by atoms with Crippen LogP contribution in [-0.2, 0) is 9.31 Å². The number of hydrogen-bond acceptors (Lipinski definition) is 8. The summed E-state index contributed by atoms with van der Waals surface area (Å²) in [4.78, 5) is 28.7. The van der Waals surface area contributed by atoms with Gasteiger partial charge in [-0.05, 0) is 91.5 Å². The average molecular weight is 1130 g/mol. The van der Waals surface area contributed by atoms with Crippen LogP contribution in [0.4, 0.5) is 0 Å². The number of fused-ring (bicyclic) bond motifs is 8. The number of pyridine rings is 2. The summed E-state index contributed by atoms with van der Waals surface area (Å²) in [6.07, 6.45) is 3.69. The van der Waals surface area contributed by atoms with Gasteiger partial charge in [-0.2, -0.15) is 0 Å². The number of benzene rings is 10. The number of hydrogen-bond donors (Lipinski definition) is 0. The Bertz CT molecular complexity index is 4640. The second-order valence-corrected chi connectivity index (χ2v) is 22.3. The van der Waals surface area contributed by atoms with E-state index in [4.69, 9.17) is 29.2 Å². The van der Waals surface area contributed by atoms with Crippen molar-refractivity contribution in [3.63, 3.8) is 0 Å². The third kappa shape index (κ3) is 10.2. The van der Waals surface area contributed by atoms with Crippen LogP contribution in [-0.4, -0.2) is 48.2 Å². The van der Waals surface area contributed by atoms with Crippen molar-refractivity contribution in [1.82, 2.24) is 29.9 Å². The van der Waals surface area contributed by atoms with Crippen molar-refractivity contribution in [3.05, 3.63) is 260 Å². The lowest BCUT2D eigenvalue weighted by molar-refractivity contribution is 0.00578. The maximum atomic E-state index is 6.23. The molecule has 394 valence electrons. The minimum Gasteiger partial charge on any atom is -0.399 e. The van der Waals surface area contributed by atoms with Gasteiger partial charge in [-0.3, -0.25) is 9.97 Å². The SMILES string of the molecule is Brc1ccc(-c2nc(-c3ccccc3)c3ccccc3n2)cc1.CC1(C)OB(c2cccc3c2ccc2cccnc23)OC1(C)C.c1ccc(-c2nc(-c3ccc(-c4cccc5c4ccc4cccnc45)cc3)nc3ccccc23)cc1. The lowest BCUT2D eigenvalue weighted by Gasteiger charge is -2.32. The van der Waals surface area contributed by atoms with Crippen molar-refractivity contribution in [1.29, 1.82) is 0 Å². The van der Waals surface area contributed by atoms with E-state index < -0.39 is 0 Å². The van der Waals surface area contributed by atoms with Crippen LogP contribution in [0.3, 0.4) is 0 Å². The molecule has 1 fully saturated rings. The first-order valence-electron chi connectivity index (χ1n) is 27.4. The fourth-order valence-electron chi connectivity index (χ4n) is 10.7. The summed E-state index contributed by atoms with van der Waals surface area (Å²) in [7, 11) is -0.357. The van der Waals surface area contributed by atoms with Gasteiger partial charge in [0.25, 0.3) is 0 Å². The molecular weight excluding hydrogens is 1070 g/mol. The molecule has 10 aromatic carbocycles. The largest absolute Gasteiger partial charge is 0.495 e. The molecule has 1 saturated heterocycles. The predicted molar refractivity (Wildman–Crippen MR) is 342 cm³/mol. The molecular formula is C72H54BBrN6O2. The van der Waals surface area contributed by atoms with Crippen LogP contribution in [0.1, 0.15) is 27.7 Å². The molecule has 0 bridgehead atoms. The first-order chi connectivity index (χ1) is 40.0. The fourth-order valence-corrected chi connectivity index (χ4v) is 11.0. The summed E-state index contributed by atoms with van der Waals surface area (Å²) < 4.78 is 13.5. The Morgan fingerprint density at radius 1 is 0.341 bits per heavy atom. The smallest absolute Gasteiger partial charge is 0.399 e. The Balaban J connectivity index is 0.000000120. The van der Waals surface area contributed by atoms with Gasteiger partial charge in [-0.25, -0.2) is 19.9 Å². The van der Waals surface area contributed by atoms with Crippen molar-refractivity contribution < 1.29 is 9.31 Å². The summed E-state index contributed by atoms with van der Waals surface area (Å²) in [5, 5.41) is 9.06. The molecule has 0 unspecified atom stereocenters. The van der Waals surface area contributed by atoms with Crippen LogP contribution in [0, 0.1) is 0 Å². The quantitative estimate of drug-likeness (QED) is 0.120. The average Bonchev–Trinajstić information content (AvgIpc) is 3.86. The molecule has 0 spiro atoms. The molecule has 0 N–H and O–H groups in total. The van der Waals surface area contributed by atoms with Crippen molar-refractivity contribution in [2.45, 2.75) is 38.9 Å². The highest BCUT2D eigenvalue weighted by molar-refractivity contribution is 9.10. The Morgan fingerprint density at radius 3 is 1.32 bits per heavy atom. The van der Waals surface area contributed by atoms with Gasteiger partial charge in [-0.1, -0.05) is 222 Å². The standard InChI is InChI=1S/C33H21N3.C20H13BrN2.C19H20BNO2/c1-2-8-23(9-3-1)32-29-11-4-5-14-30(29)35-33(36-32)25-17-15-22(16-18-25)26-12-6-13-28-27(26)20-19-24-10-7-21-34-31(24)28;21-16-12-10-15(11-13-16)20-22-18-9-5-4-8-17(18)19(23-20)14-6-2-1-3-7-14;1-18(2)19(3,4)23-20(22-18)16-9-5-8-15-14(16)11-10-13-7-6-12-21-17(13)15/h1-21H;1-13H;5-12H,1-4H3. The van der Waals surface area contributed by atoms with Crippen LogP contribution in [0.25, 0.3) is 122 Å². The summed E-state index contributed by atoms with van der Waals surface area (Å²) in [6, 6.07) is 83.0. The lowest BCUT2D eigenvalue weighted by Crippen LogP contribution is -2.41. The molecule has 0 saturated carbocycles. The number of nitrogens with zero attached hydrogens (tertiary/aromatic N) is 6. The maximum absolute atomic E-state index is 6.23. The minimum atomic E-state index is -0.357. The van der Waals surface area contributed by atoms with E-state index in [0.29, 0.717) is 0 Å². The second kappa shape index (κ2) is 22.0. The molecule has 5 heterocycles. The zero-order valence-electron chi connectivity index (χ0n) is 45.7. The molecule has 1 aliphatic heterocycles. The van der Waals surface area contributed by atoms with Crippen LogP contribution >= 0.6 is 15.9 Å². The van der Waals surface area contributed by atoms with E-state index in [1.165, 1.54) is 16.3 Å². The third-order valence-electron chi connectivity index (χ3n) is 15.7. The predicted octanol–water partition coefficient (Wildman–Crippen LogP) is 17.7. The molecule has 0 atom stereocenters. The van der Waals surface area contributed by atoms with E-state index in [2.05, 4.69) is 193 Å². The first kappa shape index (κ1) is 52.1. The Morgan fingerprint density at radius 2 is 0.780 bits per heavy atom.